The van der Waals surface area contributed by atoms with Gasteiger partial charge in [0.05, 0.1) is 0 Å². The van der Waals surface area contributed by atoms with E-state index in [1.807, 2.05) is 0 Å². The summed E-state index contributed by atoms with van der Waals surface area (Å²) in [6.45, 7) is 9.15. The van der Waals surface area contributed by atoms with Gasteiger partial charge < -0.3 is 4.90 Å². The van der Waals surface area contributed by atoms with Crippen molar-refractivity contribution in [3.63, 3.8) is 0 Å². The third-order valence-corrected chi connectivity index (χ3v) is 3.46. The maximum absolute atomic E-state index is 2.49. The molecule has 0 saturated heterocycles. The van der Waals surface area contributed by atoms with Gasteiger partial charge in [0.2, 0.25) is 0 Å². The zero-order chi connectivity index (χ0) is 13.5. The van der Waals surface area contributed by atoms with Gasteiger partial charge in [0.1, 0.15) is 0 Å². The van der Waals surface area contributed by atoms with Crippen LogP contribution in [0, 0.1) is 0 Å². The molecular formula is C17H35N. The van der Waals surface area contributed by atoms with Crippen molar-refractivity contribution in [2.24, 2.45) is 0 Å². The molecule has 0 aliphatic heterocycles. The number of hydrogen-bond acceptors (Lipinski definition) is 1. The maximum atomic E-state index is 2.49. The highest BCUT2D eigenvalue weighted by atomic mass is 15.1. The summed E-state index contributed by atoms with van der Waals surface area (Å²) in [4.78, 5) is 2.49. The van der Waals surface area contributed by atoms with Crippen LogP contribution in [0.3, 0.4) is 0 Å². The molecule has 0 spiro atoms. The first kappa shape index (κ1) is 17.5. The fourth-order valence-corrected chi connectivity index (χ4v) is 2.28. The molecule has 0 atom stereocenters. The second-order valence-electron chi connectivity index (χ2n) is 5.35. The summed E-state index contributed by atoms with van der Waals surface area (Å²) in [5, 5.41) is 0. The molecule has 0 unspecified atom stereocenters. The van der Waals surface area contributed by atoms with E-state index >= 15 is 0 Å². The van der Waals surface area contributed by atoms with Gasteiger partial charge in [-0.2, -0.15) is 0 Å². The Hall–Kier alpha value is -0.460. The average Bonchev–Trinajstić information content (AvgIpc) is 2.39. The third kappa shape index (κ3) is 12.0. The lowest BCUT2D eigenvalue weighted by Crippen LogP contribution is -2.19. The standard InChI is InChI=1S/C17H35N/c1-4-7-9-10-11-12-13-14-17-18(15-6-3)16-8-5-2/h6,15H,4-5,7-14,16-17H2,1-3H3. The van der Waals surface area contributed by atoms with Crippen molar-refractivity contribution in [2.75, 3.05) is 13.1 Å². The van der Waals surface area contributed by atoms with Gasteiger partial charge in [-0.3, -0.25) is 0 Å². The molecule has 1 heteroatoms. The topological polar surface area (TPSA) is 3.24 Å². The van der Waals surface area contributed by atoms with Crippen LogP contribution in [0.2, 0.25) is 0 Å². The van der Waals surface area contributed by atoms with Crippen molar-refractivity contribution in [3.8, 4) is 0 Å². The molecule has 0 heterocycles. The maximum Gasteiger partial charge on any atom is 0.0172 e. The SMILES string of the molecule is CC=CN(CCCC)CCCCCCCCCC. The quantitative estimate of drug-likeness (QED) is 0.377. The van der Waals surface area contributed by atoms with Crippen LogP contribution in [0.1, 0.15) is 85.0 Å². The molecule has 0 rings (SSSR count). The van der Waals surface area contributed by atoms with E-state index < -0.39 is 0 Å². The largest absolute Gasteiger partial charge is 0.378 e. The lowest BCUT2D eigenvalue weighted by Gasteiger charge is -2.19. The predicted molar refractivity (Wildman–Crippen MR) is 83.9 cm³/mol. The molecule has 1 nitrogen and oxygen atoms in total. The highest BCUT2D eigenvalue weighted by Gasteiger charge is 1.98. The van der Waals surface area contributed by atoms with E-state index in [1.165, 1.54) is 77.3 Å². The molecule has 0 bridgehead atoms. The Morgan fingerprint density at radius 1 is 0.667 bits per heavy atom. The summed E-state index contributed by atoms with van der Waals surface area (Å²) in [7, 11) is 0. The van der Waals surface area contributed by atoms with E-state index in [-0.39, 0.29) is 0 Å². The minimum atomic E-state index is 1.23. The first-order valence-corrected chi connectivity index (χ1v) is 8.22. The fourth-order valence-electron chi connectivity index (χ4n) is 2.28. The molecule has 0 aliphatic carbocycles. The lowest BCUT2D eigenvalue weighted by molar-refractivity contribution is 0.354. The van der Waals surface area contributed by atoms with Gasteiger partial charge in [-0.15, -0.1) is 0 Å². The third-order valence-electron chi connectivity index (χ3n) is 3.46. The van der Waals surface area contributed by atoms with Crippen LogP contribution < -0.4 is 0 Å². The molecule has 18 heavy (non-hydrogen) atoms. The Kier molecular flexibility index (Phi) is 14.2. The van der Waals surface area contributed by atoms with Gasteiger partial charge in [0.15, 0.2) is 0 Å². The molecule has 0 fully saturated rings. The highest BCUT2D eigenvalue weighted by molar-refractivity contribution is 4.78. The van der Waals surface area contributed by atoms with Crippen LogP contribution in [-0.2, 0) is 0 Å². The van der Waals surface area contributed by atoms with Crippen molar-refractivity contribution in [1.82, 2.24) is 4.90 Å². The molecule has 108 valence electrons. The number of allylic oxidation sites excluding steroid dienone is 1. The molecule has 0 aliphatic rings. The van der Waals surface area contributed by atoms with Crippen LogP contribution in [0.5, 0.6) is 0 Å². The van der Waals surface area contributed by atoms with E-state index in [1.54, 1.807) is 0 Å². The Bertz CT molecular complexity index is 174. The summed E-state index contributed by atoms with van der Waals surface area (Å²) >= 11 is 0. The summed E-state index contributed by atoms with van der Waals surface area (Å²) in [5.41, 5.74) is 0. The lowest BCUT2D eigenvalue weighted by atomic mass is 10.1. The van der Waals surface area contributed by atoms with Gasteiger partial charge in [0.25, 0.3) is 0 Å². The summed E-state index contributed by atoms with van der Waals surface area (Å²) in [6.07, 6.45) is 18.4. The van der Waals surface area contributed by atoms with Crippen LogP contribution in [0.15, 0.2) is 12.3 Å². The zero-order valence-electron chi connectivity index (χ0n) is 13.1. The number of hydrogen-bond donors (Lipinski definition) is 0. The first-order chi connectivity index (χ1) is 8.85. The zero-order valence-corrected chi connectivity index (χ0v) is 13.1. The van der Waals surface area contributed by atoms with Crippen molar-refractivity contribution >= 4 is 0 Å². The number of nitrogens with zero attached hydrogens (tertiary/aromatic N) is 1. The predicted octanol–water partition coefficient (Wildman–Crippen LogP) is 5.76. The molecule has 0 aromatic rings. The van der Waals surface area contributed by atoms with E-state index in [0.717, 1.165) is 0 Å². The summed E-state index contributed by atoms with van der Waals surface area (Å²) < 4.78 is 0. The van der Waals surface area contributed by atoms with Gasteiger partial charge >= 0.3 is 0 Å². The Morgan fingerprint density at radius 3 is 1.72 bits per heavy atom. The van der Waals surface area contributed by atoms with E-state index in [4.69, 9.17) is 0 Å². The Morgan fingerprint density at radius 2 is 1.17 bits per heavy atom. The van der Waals surface area contributed by atoms with Gasteiger partial charge in [-0.1, -0.05) is 71.3 Å². The van der Waals surface area contributed by atoms with E-state index in [0.29, 0.717) is 0 Å². The van der Waals surface area contributed by atoms with Crippen LogP contribution in [-0.4, -0.2) is 18.0 Å². The second-order valence-corrected chi connectivity index (χ2v) is 5.35. The van der Waals surface area contributed by atoms with Gasteiger partial charge in [-0.05, 0) is 26.0 Å². The minimum absolute atomic E-state index is 1.23. The van der Waals surface area contributed by atoms with Crippen molar-refractivity contribution in [1.29, 1.82) is 0 Å². The van der Waals surface area contributed by atoms with Crippen LogP contribution in [0.4, 0.5) is 0 Å². The Balaban J connectivity index is 3.37. The van der Waals surface area contributed by atoms with E-state index in [2.05, 4.69) is 37.9 Å². The van der Waals surface area contributed by atoms with Crippen molar-refractivity contribution in [3.05, 3.63) is 12.3 Å². The van der Waals surface area contributed by atoms with Gasteiger partial charge in [0, 0.05) is 13.1 Å². The number of unbranched alkanes of at least 4 members (excludes halogenated alkanes) is 8. The number of rotatable bonds is 13. The molecule has 0 N–H and O–H groups in total. The molecule has 0 amide bonds. The monoisotopic (exact) mass is 253 g/mol. The first-order valence-electron chi connectivity index (χ1n) is 8.22. The normalized spacial score (nSPS) is 11.3. The average molecular weight is 253 g/mol. The van der Waals surface area contributed by atoms with Crippen molar-refractivity contribution in [2.45, 2.75) is 85.0 Å². The molecule has 0 saturated carbocycles. The smallest absolute Gasteiger partial charge is 0.0172 e. The summed E-state index contributed by atoms with van der Waals surface area (Å²) in [5.74, 6) is 0. The molecule has 0 aromatic carbocycles. The minimum Gasteiger partial charge on any atom is -0.378 e. The fraction of sp³-hybridized carbons (Fsp3) is 0.882. The molecular weight excluding hydrogens is 218 g/mol. The van der Waals surface area contributed by atoms with Crippen LogP contribution in [0.25, 0.3) is 0 Å². The van der Waals surface area contributed by atoms with Gasteiger partial charge in [-0.25, -0.2) is 0 Å². The summed E-state index contributed by atoms with van der Waals surface area (Å²) in [6, 6.07) is 0. The highest BCUT2D eigenvalue weighted by Crippen LogP contribution is 2.09. The van der Waals surface area contributed by atoms with E-state index in [9.17, 15) is 0 Å². The second kappa shape index (κ2) is 14.6. The van der Waals surface area contributed by atoms with Crippen molar-refractivity contribution < 1.29 is 0 Å². The Labute approximate surface area is 116 Å². The van der Waals surface area contributed by atoms with Crippen LogP contribution >= 0.6 is 0 Å². The molecule has 0 aromatic heterocycles. The molecule has 0 radical (unpaired) electrons.